The Morgan fingerprint density at radius 2 is 1.19 bits per heavy atom. The molecule has 4 heterocycles. The van der Waals surface area contributed by atoms with Crippen LogP contribution in [0.1, 0.15) is 66.0 Å². The van der Waals surface area contributed by atoms with Gasteiger partial charge in [-0.1, -0.05) is 43.3 Å². The van der Waals surface area contributed by atoms with Gasteiger partial charge in [0.05, 0.1) is 42.0 Å². The predicted molar refractivity (Wildman–Crippen MR) is 250 cm³/mol. The third kappa shape index (κ3) is 13.7. The zero-order valence-corrected chi connectivity index (χ0v) is 37.2. The SMILES string of the molecule is C=C(C)c1cnc(-c2cc(Cl)ccc2F)cc1Nc1ccncc1C(=O)N[C@@H](C)CO.C=C(C)c1cnc(-c2cc(Cl)ccc2F)cc1Nc1ccncc1C(=O)OC.CC[C@@H](N)O. The number of aliphatic hydroxyl groups excluding tert-OH is 2. The van der Waals surface area contributed by atoms with Crippen LogP contribution in [-0.2, 0) is 4.74 Å². The molecule has 0 unspecified atom stereocenters. The fourth-order valence-corrected chi connectivity index (χ4v) is 5.92. The minimum Gasteiger partial charge on any atom is -0.465 e. The van der Waals surface area contributed by atoms with Gasteiger partial charge in [-0.05, 0) is 99.0 Å². The zero-order chi connectivity index (χ0) is 47.1. The maximum Gasteiger partial charge on any atom is 0.341 e. The highest BCUT2D eigenvalue weighted by molar-refractivity contribution is 6.31. The van der Waals surface area contributed by atoms with Crippen LogP contribution in [0, 0.1) is 11.6 Å². The van der Waals surface area contributed by atoms with Crippen molar-refractivity contribution in [1.29, 1.82) is 0 Å². The molecule has 0 radical (unpaired) electrons. The Bertz CT molecular complexity index is 2630. The van der Waals surface area contributed by atoms with E-state index < -0.39 is 29.9 Å². The van der Waals surface area contributed by atoms with Crippen LogP contribution in [0.3, 0.4) is 0 Å². The van der Waals surface area contributed by atoms with E-state index in [2.05, 4.69) is 49.0 Å². The Hall–Kier alpha value is -6.62. The number of esters is 1. The van der Waals surface area contributed by atoms with Crippen LogP contribution >= 0.6 is 23.2 Å². The molecule has 0 saturated carbocycles. The molecule has 17 heteroatoms. The van der Waals surface area contributed by atoms with Crippen molar-refractivity contribution in [3.05, 3.63) is 155 Å². The number of carbonyl (C=O) groups is 2. The second-order valence-corrected chi connectivity index (χ2v) is 15.0. The van der Waals surface area contributed by atoms with E-state index in [9.17, 15) is 23.5 Å². The van der Waals surface area contributed by atoms with Crippen LogP contribution in [0.15, 0.2) is 111 Å². The molecule has 0 fully saturated rings. The molecule has 334 valence electrons. The van der Waals surface area contributed by atoms with Crippen molar-refractivity contribution >= 4 is 69.0 Å². The van der Waals surface area contributed by atoms with Crippen molar-refractivity contribution < 1.29 is 33.3 Å². The van der Waals surface area contributed by atoms with Crippen molar-refractivity contribution in [1.82, 2.24) is 25.3 Å². The number of aromatic nitrogens is 4. The quantitative estimate of drug-likeness (QED) is 0.0475. The Kier molecular flexibility index (Phi) is 18.5. The Morgan fingerprint density at radius 3 is 1.59 bits per heavy atom. The summed E-state index contributed by atoms with van der Waals surface area (Å²) < 4.78 is 33.5. The maximum atomic E-state index is 14.4. The number of methoxy groups -OCH3 is 1. The first-order chi connectivity index (χ1) is 30.5. The second-order valence-electron chi connectivity index (χ2n) is 14.2. The van der Waals surface area contributed by atoms with Gasteiger partial charge in [-0.3, -0.25) is 24.7 Å². The number of halogens is 4. The van der Waals surface area contributed by atoms with Crippen LogP contribution in [0.25, 0.3) is 33.7 Å². The summed E-state index contributed by atoms with van der Waals surface area (Å²) in [7, 11) is 1.30. The van der Waals surface area contributed by atoms with Gasteiger partial charge < -0.3 is 36.6 Å². The van der Waals surface area contributed by atoms with Gasteiger partial charge in [-0.15, -0.1) is 0 Å². The smallest absolute Gasteiger partial charge is 0.341 e. The normalized spacial score (nSPS) is 11.4. The molecule has 13 nitrogen and oxygen atoms in total. The summed E-state index contributed by atoms with van der Waals surface area (Å²) in [6.45, 7) is 14.9. The summed E-state index contributed by atoms with van der Waals surface area (Å²) in [5, 5.41) is 27.2. The number of nitrogens with zero attached hydrogens (tertiary/aromatic N) is 4. The lowest BCUT2D eigenvalue weighted by Gasteiger charge is -2.17. The number of carbonyl (C=O) groups excluding carboxylic acids is 2. The molecule has 2 aromatic carbocycles. The summed E-state index contributed by atoms with van der Waals surface area (Å²) in [5.41, 5.74) is 11.8. The highest BCUT2D eigenvalue weighted by atomic mass is 35.5. The van der Waals surface area contributed by atoms with E-state index in [1.54, 1.807) is 56.0 Å². The number of nitrogens with one attached hydrogen (secondary N) is 3. The van der Waals surface area contributed by atoms with Gasteiger partial charge in [0.1, 0.15) is 23.4 Å². The van der Waals surface area contributed by atoms with Gasteiger partial charge in [0.25, 0.3) is 5.91 Å². The first kappa shape index (κ1) is 50.0. The molecule has 0 bridgehead atoms. The highest BCUT2D eigenvalue weighted by Crippen LogP contribution is 2.34. The summed E-state index contributed by atoms with van der Waals surface area (Å²) in [4.78, 5) is 41.3. The average molecular weight is 914 g/mol. The van der Waals surface area contributed by atoms with Crippen molar-refractivity contribution in [2.24, 2.45) is 5.73 Å². The predicted octanol–water partition coefficient (Wildman–Crippen LogP) is 10.00. The van der Waals surface area contributed by atoms with E-state index in [0.717, 1.165) is 16.7 Å². The number of aliphatic hydroxyl groups is 2. The number of pyridine rings is 4. The number of nitrogens with two attached hydrogens (primary N) is 1. The number of hydrogen-bond donors (Lipinski definition) is 6. The first-order valence-electron chi connectivity index (χ1n) is 19.6. The van der Waals surface area contributed by atoms with Gasteiger partial charge in [0.2, 0.25) is 0 Å². The lowest BCUT2D eigenvalue weighted by Crippen LogP contribution is -2.35. The molecule has 0 aliphatic heterocycles. The van der Waals surface area contributed by atoms with Crippen LogP contribution in [0.4, 0.5) is 31.5 Å². The fraction of sp³-hybridized carbons (Fsp3) is 0.191. The third-order valence-corrected chi connectivity index (χ3v) is 9.51. The minimum atomic E-state index is -0.616. The Labute approximate surface area is 380 Å². The molecule has 4 aromatic heterocycles. The number of anilines is 4. The van der Waals surface area contributed by atoms with E-state index in [0.29, 0.717) is 61.7 Å². The Balaban J connectivity index is 0.000000255. The molecular weight excluding hydrogens is 865 g/mol. The van der Waals surface area contributed by atoms with E-state index >= 15 is 0 Å². The average Bonchev–Trinajstić information content (AvgIpc) is 3.28. The summed E-state index contributed by atoms with van der Waals surface area (Å²) >= 11 is 12.0. The number of hydrogen-bond acceptors (Lipinski definition) is 12. The molecule has 0 spiro atoms. The molecule has 6 rings (SSSR count). The molecule has 0 aliphatic rings. The largest absolute Gasteiger partial charge is 0.465 e. The molecular formula is C47H48Cl2F2N8O5. The van der Waals surface area contributed by atoms with Crippen molar-refractivity contribution in [3.8, 4) is 22.5 Å². The van der Waals surface area contributed by atoms with E-state index in [1.807, 2.05) is 20.8 Å². The summed E-state index contributed by atoms with van der Waals surface area (Å²) in [6.07, 6.45) is 9.15. The minimum absolute atomic E-state index is 0.187. The van der Waals surface area contributed by atoms with Gasteiger partial charge in [-0.25, -0.2) is 13.6 Å². The molecule has 0 saturated heterocycles. The first-order valence-corrected chi connectivity index (χ1v) is 20.3. The molecule has 2 atom stereocenters. The van der Waals surface area contributed by atoms with Gasteiger partial charge in [0.15, 0.2) is 0 Å². The lowest BCUT2D eigenvalue weighted by molar-refractivity contribution is 0.0601. The van der Waals surface area contributed by atoms with Gasteiger partial charge in [0, 0.05) is 86.9 Å². The molecule has 6 aromatic rings. The molecule has 64 heavy (non-hydrogen) atoms. The number of amides is 1. The summed E-state index contributed by atoms with van der Waals surface area (Å²) in [6, 6.07) is 14.8. The van der Waals surface area contributed by atoms with Crippen LogP contribution in [-0.4, -0.2) is 68.0 Å². The van der Waals surface area contributed by atoms with E-state index in [1.165, 1.54) is 55.9 Å². The van der Waals surface area contributed by atoms with Crippen LogP contribution in [0.5, 0.6) is 0 Å². The molecule has 7 N–H and O–H groups in total. The van der Waals surface area contributed by atoms with Gasteiger partial charge in [-0.2, -0.15) is 0 Å². The van der Waals surface area contributed by atoms with Crippen molar-refractivity contribution in [2.45, 2.75) is 46.4 Å². The number of rotatable bonds is 13. The van der Waals surface area contributed by atoms with Crippen molar-refractivity contribution in [2.75, 3.05) is 24.4 Å². The zero-order valence-electron chi connectivity index (χ0n) is 35.7. The standard InChI is InChI=1S/C23H22ClFN4O2.C21H17ClFN3O2.C3H9NO/c1-13(2)17-11-27-21(16-8-15(24)4-5-19(16)25)9-22(17)29-20-6-7-26-10-18(20)23(31)28-14(3)12-30;1-12(2)15-11-25-19(14-8-13(22)4-5-17(14)23)9-20(15)26-18-6-7-24-10-16(18)21(27)28-3;1-2-3(4)5/h4-11,14,30H,1,12H2,2-3H3,(H,28,31)(H,26,27,29);4-11H,1H2,2-3H3,(H,24,25,26);3,5H,2,4H2,1H3/t14-;;3-/m0.0/s1. The Morgan fingerprint density at radius 1 is 0.750 bits per heavy atom. The van der Waals surface area contributed by atoms with Gasteiger partial charge >= 0.3 is 5.97 Å². The van der Waals surface area contributed by atoms with E-state index in [4.69, 9.17) is 38.8 Å². The van der Waals surface area contributed by atoms with Crippen LogP contribution < -0.4 is 21.7 Å². The van der Waals surface area contributed by atoms with Crippen LogP contribution in [0.2, 0.25) is 10.0 Å². The fourth-order valence-electron chi connectivity index (χ4n) is 5.58. The highest BCUT2D eigenvalue weighted by Gasteiger charge is 2.19. The molecule has 1 amide bonds. The monoisotopic (exact) mass is 912 g/mol. The lowest BCUT2D eigenvalue weighted by atomic mass is 10.0. The number of benzene rings is 2. The topological polar surface area (TPSA) is 198 Å². The molecule has 0 aliphatic carbocycles. The van der Waals surface area contributed by atoms with E-state index in [-0.39, 0.29) is 29.2 Å². The maximum absolute atomic E-state index is 14.4. The van der Waals surface area contributed by atoms with Crippen molar-refractivity contribution in [3.63, 3.8) is 0 Å². The number of ether oxygens (including phenoxy) is 1. The number of allylic oxidation sites excluding steroid dienone is 2. The second kappa shape index (κ2) is 23.7. The summed E-state index contributed by atoms with van der Waals surface area (Å²) in [5.74, 6) is -1.80. The third-order valence-electron chi connectivity index (χ3n) is 9.04.